The highest BCUT2D eigenvalue weighted by Crippen LogP contribution is 2.32. The van der Waals surface area contributed by atoms with Gasteiger partial charge in [-0.25, -0.2) is 4.98 Å². The Balaban J connectivity index is 2.02. The summed E-state index contributed by atoms with van der Waals surface area (Å²) in [6.07, 6.45) is 7.06. The molecule has 3 nitrogen and oxygen atoms in total. The van der Waals surface area contributed by atoms with Crippen molar-refractivity contribution in [3.63, 3.8) is 0 Å². The Morgan fingerprint density at radius 2 is 1.88 bits per heavy atom. The molecule has 0 spiro atoms. The first kappa shape index (κ1) is 12.6. The number of hydrogen-bond donors (Lipinski definition) is 2. The molecule has 0 amide bonds. The van der Waals surface area contributed by atoms with Gasteiger partial charge < -0.3 is 10.3 Å². The van der Waals surface area contributed by atoms with Crippen LogP contribution < -0.4 is 5.32 Å². The van der Waals surface area contributed by atoms with E-state index in [1.165, 1.54) is 37.2 Å². The summed E-state index contributed by atoms with van der Waals surface area (Å²) in [5.41, 5.74) is 1.43. The number of aromatic amines is 1. The van der Waals surface area contributed by atoms with Gasteiger partial charge in [-0.3, -0.25) is 0 Å². The first-order chi connectivity index (χ1) is 8.00. The van der Waals surface area contributed by atoms with Crippen LogP contribution in [0.3, 0.4) is 0 Å². The van der Waals surface area contributed by atoms with Gasteiger partial charge in [0.15, 0.2) is 0 Å². The van der Waals surface area contributed by atoms with Crippen LogP contribution in [0.4, 0.5) is 0 Å². The van der Waals surface area contributed by atoms with Crippen molar-refractivity contribution < 1.29 is 0 Å². The maximum atomic E-state index is 4.58. The standard InChI is InChI=1S/C14H25N3/c1-14(2,3)12-9-16-13(17-12)10-5-7-11(15-4)8-6-10/h9-11,15H,5-8H2,1-4H3,(H,16,17). The van der Waals surface area contributed by atoms with Gasteiger partial charge in [0, 0.05) is 29.3 Å². The van der Waals surface area contributed by atoms with E-state index in [1.54, 1.807) is 0 Å². The lowest BCUT2D eigenvalue weighted by atomic mass is 9.85. The monoisotopic (exact) mass is 235 g/mol. The molecule has 1 aliphatic carbocycles. The summed E-state index contributed by atoms with van der Waals surface area (Å²) >= 11 is 0. The smallest absolute Gasteiger partial charge is 0.109 e. The third-order valence-corrected chi connectivity index (χ3v) is 3.93. The molecule has 1 aromatic rings. The molecule has 0 aromatic carbocycles. The van der Waals surface area contributed by atoms with Crippen LogP contribution in [0.5, 0.6) is 0 Å². The van der Waals surface area contributed by atoms with Gasteiger partial charge in [0.25, 0.3) is 0 Å². The van der Waals surface area contributed by atoms with Crippen molar-refractivity contribution in [2.45, 2.75) is 63.8 Å². The SMILES string of the molecule is CNC1CCC(c2ncc(C(C)(C)C)[nH]2)CC1. The lowest BCUT2D eigenvalue weighted by Crippen LogP contribution is -2.29. The predicted molar refractivity (Wildman–Crippen MR) is 71.3 cm³/mol. The number of aromatic nitrogens is 2. The summed E-state index contributed by atoms with van der Waals surface area (Å²) in [6.45, 7) is 6.67. The molecule has 1 heterocycles. The van der Waals surface area contributed by atoms with Crippen molar-refractivity contribution in [2.75, 3.05) is 7.05 Å². The fourth-order valence-electron chi connectivity index (χ4n) is 2.58. The van der Waals surface area contributed by atoms with E-state index in [1.807, 2.05) is 6.20 Å². The van der Waals surface area contributed by atoms with Gasteiger partial charge in [-0.15, -0.1) is 0 Å². The summed E-state index contributed by atoms with van der Waals surface area (Å²) in [5.74, 6) is 1.83. The first-order valence-electron chi connectivity index (χ1n) is 6.73. The van der Waals surface area contributed by atoms with E-state index in [9.17, 15) is 0 Å². The molecule has 0 bridgehead atoms. The number of nitrogens with zero attached hydrogens (tertiary/aromatic N) is 1. The van der Waals surface area contributed by atoms with E-state index in [-0.39, 0.29) is 5.41 Å². The van der Waals surface area contributed by atoms with E-state index >= 15 is 0 Å². The second-order valence-corrected chi connectivity index (χ2v) is 6.27. The molecular weight excluding hydrogens is 210 g/mol. The molecule has 96 valence electrons. The predicted octanol–water partition coefficient (Wildman–Crippen LogP) is 2.95. The Morgan fingerprint density at radius 3 is 2.35 bits per heavy atom. The van der Waals surface area contributed by atoms with Gasteiger partial charge in [-0.2, -0.15) is 0 Å². The molecule has 2 rings (SSSR count). The van der Waals surface area contributed by atoms with Crippen molar-refractivity contribution >= 4 is 0 Å². The second-order valence-electron chi connectivity index (χ2n) is 6.27. The topological polar surface area (TPSA) is 40.7 Å². The quantitative estimate of drug-likeness (QED) is 0.827. The Labute approximate surface area is 104 Å². The van der Waals surface area contributed by atoms with Crippen molar-refractivity contribution in [3.8, 4) is 0 Å². The summed E-state index contributed by atoms with van der Waals surface area (Å²) in [7, 11) is 2.07. The fraction of sp³-hybridized carbons (Fsp3) is 0.786. The van der Waals surface area contributed by atoms with E-state index < -0.39 is 0 Å². The first-order valence-corrected chi connectivity index (χ1v) is 6.73. The molecule has 2 N–H and O–H groups in total. The maximum Gasteiger partial charge on any atom is 0.109 e. The molecule has 1 aromatic heterocycles. The zero-order chi connectivity index (χ0) is 12.5. The van der Waals surface area contributed by atoms with E-state index in [0.29, 0.717) is 12.0 Å². The Hall–Kier alpha value is -0.830. The molecule has 0 saturated heterocycles. The fourth-order valence-corrected chi connectivity index (χ4v) is 2.58. The van der Waals surface area contributed by atoms with Crippen LogP contribution in [0.15, 0.2) is 6.20 Å². The third kappa shape index (κ3) is 2.89. The number of rotatable bonds is 2. The molecule has 0 atom stereocenters. The average molecular weight is 235 g/mol. The highest BCUT2D eigenvalue weighted by atomic mass is 14.9. The molecule has 1 saturated carbocycles. The lowest BCUT2D eigenvalue weighted by molar-refractivity contribution is 0.351. The number of hydrogen-bond acceptors (Lipinski definition) is 2. The molecule has 1 fully saturated rings. The number of H-pyrrole nitrogens is 1. The van der Waals surface area contributed by atoms with Crippen LogP contribution >= 0.6 is 0 Å². The minimum atomic E-state index is 0.174. The van der Waals surface area contributed by atoms with Gasteiger partial charge in [-0.05, 0) is 32.7 Å². The van der Waals surface area contributed by atoms with Crippen LogP contribution in [0.25, 0.3) is 0 Å². The Kier molecular flexibility index (Phi) is 3.57. The third-order valence-electron chi connectivity index (χ3n) is 3.93. The van der Waals surface area contributed by atoms with Crippen LogP contribution in [-0.2, 0) is 5.41 Å². The van der Waals surface area contributed by atoms with Crippen LogP contribution in [0.1, 0.15) is 63.9 Å². The molecule has 17 heavy (non-hydrogen) atoms. The summed E-state index contributed by atoms with van der Waals surface area (Å²) in [4.78, 5) is 8.11. The number of nitrogens with one attached hydrogen (secondary N) is 2. The minimum absolute atomic E-state index is 0.174. The molecule has 0 radical (unpaired) electrons. The molecule has 0 unspecified atom stereocenters. The summed E-state index contributed by atoms with van der Waals surface area (Å²) in [6, 6.07) is 0.711. The zero-order valence-electron chi connectivity index (χ0n) is 11.5. The maximum absolute atomic E-state index is 4.58. The highest BCUT2D eigenvalue weighted by molar-refractivity contribution is 5.14. The van der Waals surface area contributed by atoms with Crippen LogP contribution in [0.2, 0.25) is 0 Å². The normalized spacial score (nSPS) is 26.1. The second kappa shape index (κ2) is 4.81. The Bertz CT molecular complexity index is 354. The van der Waals surface area contributed by atoms with Crippen molar-refractivity contribution in [1.82, 2.24) is 15.3 Å². The minimum Gasteiger partial charge on any atom is -0.345 e. The van der Waals surface area contributed by atoms with Crippen LogP contribution in [0, 0.1) is 0 Å². The van der Waals surface area contributed by atoms with E-state index in [4.69, 9.17) is 0 Å². The Morgan fingerprint density at radius 1 is 1.24 bits per heavy atom. The van der Waals surface area contributed by atoms with Crippen molar-refractivity contribution in [1.29, 1.82) is 0 Å². The van der Waals surface area contributed by atoms with Gasteiger partial charge >= 0.3 is 0 Å². The number of imidazole rings is 1. The van der Waals surface area contributed by atoms with Crippen LogP contribution in [-0.4, -0.2) is 23.1 Å². The van der Waals surface area contributed by atoms with Gasteiger partial charge in [-0.1, -0.05) is 20.8 Å². The van der Waals surface area contributed by atoms with E-state index in [0.717, 1.165) is 0 Å². The average Bonchev–Trinajstić information content (AvgIpc) is 2.78. The van der Waals surface area contributed by atoms with Gasteiger partial charge in [0.05, 0.1) is 0 Å². The molecule has 3 heteroatoms. The van der Waals surface area contributed by atoms with Crippen molar-refractivity contribution in [3.05, 3.63) is 17.7 Å². The highest BCUT2D eigenvalue weighted by Gasteiger charge is 2.25. The molecule has 0 aliphatic heterocycles. The van der Waals surface area contributed by atoms with Gasteiger partial charge in [0.1, 0.15) is 5.82 Å². The summed E-state index contributed by atoms with van der Waals surface area (Å²) < 4.78 is 0. The lowest BCUT2D eigenvalue weighted by Gasteiger charge is -2.27. The molecule has 1 aliphatic rings. The summed E-state index contributed by atoms with van der Waals surface area (Å²) in [5, 5.41) is 3.37. The van der Waals surface area contributed by atoms with E-state index in [2.05, 4.69) is 43.1 Å². The largest absolute Gasteiger partial charge is 0.345 e. The van der Waals surface area contributed by atoms with Gasteiger partial charge in [0.2, 0.25) is 0 Å². The van der Waals surface area contributed by atoms with Crippen molar-refractivity contribution in [2.24, 2.45) is 0 Å². The molecular formula is C14H25N3. The zero-order valence-corrected chi connectivity index (χ0v) is 11.5.